The molecule has 0 radical (unpaired) electrons. The number of aromatic nitrogens is 2. The second-order valence-electron chi connectivity index (χ2n) is 4.12. The number of carbonyl (C=O) groups is 1. The lowest BCUT2D eigenvalue weighted by atomic mass is 10.3. The quantitative estimate of drug-likeness (QED) is 0.938. The van der Waals surface area contributed by atoms with Crippen molar-refractivity contribution in [2.24, 2.45) is 0 Å². The van der Waals surface area contributed by atoms with Crippen LogP contribution in [0.1, 0.15) is 12.1 Å². The summed E-state index contributed by atoms with van der Waals surface area (Å²) >= 11 is 3.16. The Hall–Kier alpha value is -1.69. The number of nitrogens with zero attached hydrogens (tertiary/aromatic N) is 2. The van der Waals surface area contributed by atoms with Crippen molar-refractivity contribution in [1.29, 1.82) is 0 Å². The number of hydrogen-bond acceptors (Lipinski definition) is 2. The molecule has 0 spiro atoms. The lowest BCUT2D eigenvalue weighted by molar-refractivity contribution is -0.116. The molecule has 2 rings (SSSR count). The van der Waals surface area contributed by atoms with Crippen molar-refractivity contribution in [3.8, 4) is 0 Å². The predicted octanol–water partition coefficient (Wildman–Crippen LogP) is 3.12. The third kappa shape index (κ3) is 3.64. The number of nitrogens with one attached hydrogen (secondary N) is 1. The third-order valence-corrected chi connectivity index (χ3v) is 3.18. The molecule has 0 aliphatic rings. The van der Waals surface area contributed by atoms with Crippen LogP contribution in [0.4, 0.5) is 10.1 Å². The first-order valence-corrected chi connectivity index (χ1v) is 6.59. The second kappa shape index (κ2) is 5.97. The molecule has 1 aromatic heterocycles. The fourth-order valence-electron chi connectivity index (χ4n) is 1.64. The highest BCUT2D eigenvalue weighted by Crippen LogP contribution is 2.19. The number of amides is 1. The van der Waals surface area contributed by atoms with E-state index in [2.05, 4.69) is 26.3 Å². The average molecular weight is 326 g/mol. The first-order chi connectivity index (χ1) is 9.06. The van der Waals surface area contributed by atoms with Crippen LogP contribution in [0, 0.1) is 12.7 Å². The number of rotatable bonds is 4. The van der Waals surface area contributed by atoms with Gasteiger partial charge >= 0.3 is 0 Å². The lowest BCUT2D eigenvalue weighted by Crippen LogP contribution is -2.16. The number of anilines is 1. The number of benzene rings is 1. The minimum atomic E-state index is -0.460. The molecule has 0 unspecified atom stereocenters. The second-order valence-corrected chi connectivity index (χ2v) is 5.03. The monoisotopic (exact) mass is 325 g/mol. The van der Waals surface area contributed by atoms with Crippen LogP contribution in [0.2, 0.25) is 0 Å². The van der Waals surface area contributed by atoms with Gasteiger partial charge in [-0.3, -0.25) is 9.48 Å². The molecule has 100 valence electrons. The molecular formula is C13H13BrFN3O. The summed E-state index contributed by atoms with van der Waals surface area (Å²) in [6, 6.07) is 6.38. The number of halogens is 2. The topological polar surface area (TPSA) is 46.9 Å². The van der Waals surface area contributed by atoms with E-state index in [0.29, 0.717) is 11.0 Å². The molecule has 6 heteroatoms. The van der Waals surface area contributed by atoms with Crippen molar-refractivity contribution >= 4 is 27.5 Å². The van der Waals surface area contributed by atoms with Gasteiger partial charge < -0.3 is 5.32 Å². The molecule has 2 aromatic rings. The molecular weight excluding hydrogens is 313 g/mol. The standard InChI is InChI=1S/C13H13BrFN3O/c1-9-4-6-16-18(9)7-5-13(19)17-12-3-2-10(14)8-11(12)15/h2-4,6,8H,5,7H2,1H3,(H,17,19). The smallest absolute Gasteiger partial charge is 0.226 e. The lowest BCUT2D eigenvalue weighted by Gasteiger charge is -2.07. The molecule has 1 heterocycles. The van der Waals surface area contributed by atoms with Gasteiger partial charge in [0.05, 0.1) is 5.69 Å². The minimum absolute atomic E-state index is 0.186. The summed E-state index contributed by atoms with van der Waals surface area (Å²) in [5.41, 5.74) is 1.17. The first kappa shape index (κ1) is 13.7. The zero-order valence-corrected chi connectivity index (χ0v) is 11.9. The third-order valence-electron chi connectivity index (χ3n) is 2.68. The first-order valence-electron chi connectivity index (χ1n) is 5.79. The molecule has 0 aliphatic carbocycles. The number of carbonyl (C=O) groups excluding carboxylic acids is 1. The molecule has 0 aliphatic heterocycles. The Kier molecular flexibility index (Phi) is 4.31. The summed E-state index contributed by atoms with van der Waals surface area (Å²) in [7, 11) is 0. The molecule has 0 bridgehead atoms. The number of aryl methyl sites for hydroxylation is 2. The van der Waals surface area contributed by atoms with Crippen molar-refractivity contribution in [3.63, 3.8) is 0 Å². The van der Waals surface area contributed by atoms with Gasteiger partial charge in [-0.2, -0.15) is 5.10 Å². The zero-order valence-electron chi connectivity index (χ0n) is 10.4. The molecule has 0 saturated heterocycles. The van der Waals surface area contributed by atoms with Crippen molar-refractivity contribution in [2.75, 3.05) is 5.32 Å². The Labute approximate surface area is 118 Å². The maximum absolute atomic E-state index is 13.5. The van der Waals surface area contributed by atoms with Gasteiger partial charge in [0.2, 0.25) is 5.91 Å². The van der Waals surface area contributed by atoms with Gasteiger partial charge in [-0.25, -0.2) is 4.39 Å². The maximum atomic E-state index is 13.5. The van der Waals surface area contributed by atoms with Crippen molar-refractivity contribution < 1.29 is 9.18 Å². The Morgan fingerprint density at radius 1 is 1.47 bits per heavy atom. The predicted molar refractivity (Wildman–Crippen MR) is 74.3 cm³/mol. The van der Waals surface area contributed by atoms with Crippen LogP contribution in [0.15, 0.2) is 34.9 Å². The Morgan fingerprint density at radius 2 is 2.26 bits per heavy atom. The SMILES string of the molecule is Cc1ccnn1CCC(=O)Nc1ccc(Br)cc1F. The van der Waals surface area contributed by atoms with Gasteiger partial charge in [0.25, 0.3) is 0 Å². The summed E-state index contributed by atoms with van der Waals surface area (Å²) in [6.45, 7) is 2.39. The van der Waals surface area contributed by atoms with Crippen molar-refractivity contribution in [3.05, 3.63) is 46.4 Å². The van der Waals surface area contributed by atoms with Crippen LogP contribution in [-0.4, -0.2) is 15.7 Å². The summed E-state index contributed by atoms with van der Waals surface area (Å²) in [5, 5.41) is 6.62. The van der Waals surface area contributed by atoms with E-state index >= 15 is 0 Å². The molecule has 1 N–H and O–H groups in total. The largest absolute Gasteiger partial charge is 0.324 e. The summed E-state index contributed by atoms with van der Waals surface area (Å²) in [4.78, 5) is 11.7. The number of hydrogen-bond donors (Lipinski definition) is 1. The van der Waals surface area contributed by atoms with E-state index in [4.69, 9.17) is 0 Å². The van der Waals surface area contributed by atoms with Crippen LogP contribution in [0.3, 0.4) is 0 Å². The van der Waals surface area contributed by atoms with Crippen LogP contribution in [0.5, 0.6) is 0 Å². The maximum Gasteiger partial charge on any atom is 0.226 e. The van der Waals surface area contributed by atoms with E-state index in [1.165, 1.54) is 12.1 Å². The van der Waals surface area contributed by atoms with E-state index in [-0.39, 0.29) is 18.0 Å². The minimum Gasteiger partial charge on any atom is -0.324 e. The highest BCUT2D eigenvalue weighted by Gasteiger charge is 2.08. The normalized spacial score (nSPS) is 10.5. The van der Waals surface area contributed by atoms with Gasteiger partial charge in [-0.1, -0.05) is 15.9 Å². The Bertz CT molecular complexity index is 597. The van der Waals surface area contributed by atoms with Crippen molar-refractivity contribution in [2.45, 2.75) is 19.9 Å². The molecule has 1 amide bonds. The van der Waals surface area contributed by atoms with Gasteiger partial charge in [0, 0.05) is 29.3 Å². The van der Waals surface area contributed by atoms with Gasteiger partial charge in [-0.15, -0.1) is 0 Å². The molecule has 0 fully saturated rings. The average Bonchev–Trinajstić information content (AvgIpc) is 2.76. The van der Waals surface area contributed by atoms with Gasteiger partial charge in [0.1, 0.15) is 5.82 Å². The molecule has 0 atom stereocenters. The summed E-state index contributed by atoms with van der Waals surface area (Å²) in [5.74, 6) is -0.700. The van der Waals surface area contributed by atoms with E-state index in [9.17, 15) is 9.18 Å². The van der Waals surface area contributed by atoms with E-state index in [1.807, 2.05) is 13.0 Å². The molecule has 4 nitrogen and oxygen atoms in total. The van der Waals surface area contributed by atoms with Crippen LogP contribution in [0.25, 0.3) is 0 Å². The van der Waals surface area contributed by atoms with Gasteiger partial charge in [0.15, 0.2) is 0 Å². The Morgan fingerprint density at radius 3 is 2.89 bits per heavy atom. The zero-order chi connectivity index (χ0) is 13.8. The molecule has 0 saturated carbocycles. The van der Waals surface area contributed by atoms with Crippen LogP contribution < -0.4 is 5.32 Å². The fraction of sp³-hybridized carbons (Fsp3) is 0.231. The molecule has 1 aromatic carbocycles. The Balaban J connectivity index is 1.93. The highest BCUT2D eigenvalue weighted by molar-refractivity contribution is 9.10. The van der Waals surface area contributed by atoms with E-state index < -0.39 is 5.82 Å². The van der Waals surface area contributed by atoms with Gasteiger partial charge in [-0.05, 0) is 31.2 Å². The van der Waals surface area contributed by atoms with Crippen LogP contribution >= 0.6 is 15.9 Å². The van der Waals surface area contributed by atoms with E-state index in [0.717, 1.165) is 5.69 Å². The van der Waals surface area contributed by atoms with Crippen LogP contribution in [-0.2, 0) is 11.3 Å². The van der Waals surface area contributed by atoms with Crippen molar-refractivity contribution in [1.82, 2.24) is 9.78 Å². The fourth-order valence-corrected chi connectivity index (χ4v) is 1.98. The summed E-state index contributed by atoms with van der Waals surface area (Å²) in [6.07, 6.45) is 1.93. The highest BCUT2D eigenvalue weighted by atomic mass is 79.9. The molecule has 19 heavy (non-hydrogen) atoms. The summed E-state index contributed by atoms with van der Waals surface area (Å²) < 4.78 is 15.9. The van der Waals surface area contributed by atoms with E-state index in [1.54, 1.807) is 16.9 Å².